The molecule has 2 nitrogen and oxygen atoms in total. The van der Waals surface area contributed by atoms with E-state index in [0.29, 0.717) is 0 Å². The van der Waals surface area contributed by atoms with Crippen molar-refractivity contribution in [1.82, 2.24) is 0 Å². The molecule has 2 aromatic rings. The summed E-state index contributed by atoms with van der Waals surface area (Å²) in [7, 11) is 0. The summed E-state index contributed by atoms with van der Waals surface area (Å²) in [5.41, 5.74) is 0. The zero-order chi connectivity index (χ0) is 9.10. The fourth-order valence-corrected chi connectivity index (χ4v) is 2.08. The van der Waals surface area contributed by atoms with Gasteiger partial charge in [-0.05, 0) is 24.3 Å². The molecule has 3 heteroatoms. The molecule has 2 heterocycles. The van der Waals surface area contributed by atoms with E-state index in [-0.39, 0.29) is 6.61 Å². The summed E-state index contributed by atoms with van der Waals surface area (Å²) in [5.74, 6) is 0.964. The molecule has 68 valence electrons. The SMILES string of the molecule is OCc1ccc(Cc2ccco2)s1. The van der Waals surface area contributed by atoms with Gasteiger partial charge in [-0.2, -0.15) is 0 Å². The van der Waals surface area contributed by atoms with Gasteiger partial charge in [0.05, 0.1) is 12.9 Å². The molecule has 0 aliphatic carbocycles. The minimum atomic E-state index is 0.128. The summed E-state index contributed by atoms with van der Waals surface area (Å²) in [5, 5.41) is 8.86. The number of aliphatic hydroxyl groups excluding tert-OH is 1. The first-order valence-electron chi connectivity index (χ1n) is 4.09. The summed E-state index contributed by atoms with van der Waals surface area (Å²) in [4.78, 5) is 2.22. The highest BCUT2D eigenvalue weighted by Crippen LogP contribution is 2.19. The highest BCUT2D eigenvalue weighted by molar-refractivity contribution is 7.11. The summed E-state index contributed by atoms with van der Waals surface area (Å²) >= 11 is 1.62. The van der Waals surface area contributed by atoms with Crippen molar-refractivity contribution < 1.29 is 9.52 Å². The lowest BCUT2D eigenvalue weighted by Crippen LogP contribution is -1.78. The zero-order valence-corrected chi connectivity index (χ0v) is 7.88. The zero-order valence-electron chi connectivity index (χ0n) is 7.06. The monoisotopic (exact) mass is 194 g/mol. The Balaban J connectivity index is 2.10. The third-order valence-corrected chi connectivity index (χ3v) is 2.87. The number of furan rings is 1. The van der Waals surface area contributed by atoms with E-state index in [1.165, 1.54) is 4.88 Å². The maximum Gasteiger partial charge on any atom is 0.108 e. The van der Waals surface area contributed by atoms with Crippen molar-refractivity contribution in [3.05, 3.63) is 46.0 Å². The van der Waals surface area contributed by atoms with Gasteiger partial charge in [-0.25, -0.2) is 0 Å². The first kappa shape index (κ1) is 8.53. The first-order valence-corrected chi connectivity index (χ1v) is 4.91. The maximum atomic E-state index is 8.86. The van der Waals surface area contributed by atoms with Gasteiger partial charge in [-0.1, -0.05) is 0 Å². The topological polar surface area (TPSA) is 33.4 Å². The Morgan fingerprint density at radius 1 is 1.23 bits per heavy atom. The number of hydrogen-bond acceptors (Lipinski definition) is 3. The molecular weight excluding hydrogens is 184 g/mol. The molecule has 0 radical (unpaired) electrons. The molecule has 0 bridgehead atoms. The van der Waals surface area contributed by atoms with Crippen LogP contribution in [0.5, 0.6) is 0 Å². The van der Waals surface area contributed by atoms with Crippen LogP contribution in [0.1, 0.15) is 15.5 Å². The molecule has 0 saturated heterocycles. The van der Waals surface area contributed by atoms with E-state index in [2.05, 4.69) is 0 Å². The lowest BCUT2D eigenvalue weighted by molar-refractivity contribution is 0.285. The van der Waals surface area contributed by atoms with Gasteiger partial charge in [0.15, 0.2) is 0 Å². The quantitative estimate of drug-likeness (QED) is 0.814. The predicted molar refractivity (Wildman–Crippen MR) is 51.8 cm³/mol. The van der Waals surface area contributed by atoms with E-state index in [1.54, 1.807) is 17.6 Å². The van der Waals surface area contributed by atoms with E-state index >= 15 is 0 Å². The predicted octanol–water partition coefficient (Wildman–Crippen LogP) is 2.42. The summed E-state index contributed by atoms with van der Waals surface area (Å²) in [6.45, 7) is 0.128. The van der Waals surface area contributed by atoms with Crippen molar-refractivity contribution in [2.24, 2.45) is 0 Å². The molecule has 0 aliphatic rings. The fraction of sp³-hybridized carbons (Fsp3) is 0.200. The van der Waals surface area contributed by atoms with Crippen LogP contribution in [0.15, 0.2) is 34.9 Å². The Morgan fingerprint density at radius 3 is 2.69 bits per heavy atom. The smallest absolute Gasteiger partial charge is 0.108 e. The summed E-state index contributed by atoms with van der Waals surface area (Å²) in [6.07, 6.45) is 2.49. The Labute approximate surface area is 80.4 Å². The van der Waals surface area contributed by atoms with Crippen molar-refractivity contribution in [1.29, 1.82) is 0 Å². The summed E-state index contributed by atoms with van der Waals surface area (Å²) < 4.78 is 5.22. The Bertz CT molecular complexity index is 362. The van der Waals surface area contributed by atoms with Gasteiger partial charge >= 0.3 is 0 Å². The van der Waals surface area contributed by atoms with Crippen LogP contribution in [0.4, 0.5) is 0 Å². The number of hydrogen-bond donors (Lipinski definition) is 1. The van der Waals surface area contributed by atoms with Crippen molar-refractivity contribution >= 4 is 11.3 Å². The average Bonchev–Trinajstić information content (AvgIpc) is 2.76. The minimum Gasteiger partial charge on any atom is -0.469 e. The Morgan fingerprint density at radius 2 is 2.08 bits per heavy atom. The second-order valence-corrected chi connectivity index (χ2v) is 4.04. The second-order valence-electron chi connectivity index (χ2n) is 2.78. The lowest BCUT2D eigenvalue weighted by atomic mass is 10.3. The Kier molecular flexibility index (Phi) is 2.47. The largest absolute Gasteiger partial charge is 0.469 e. The van der Waals surface area contributed by atoms with Gasteiger partial charge < -0.3 is 9.52 Å². The van der Waals surface area contributed by atoms with Crippen LogP contribution in [-0.2, 0) is 13.0 Å². The van der Waals surface area contributed by atoms with Crippen molar-refractivity contribution in [2.45, 2.75) is 13.0 Å². The van der Waals surface area contributed by atoms with Crippen LogP contribution >= 0.6 is 11.3 Å². The van der Waals surface area contributed by atoms with Crippen LogP contribution in [0.2, 0.25) is 0 Å². The third kappa shape index (κ3) is 1.99. The minimum absolute atomic E-state index is 0.128. The molecule has 1 N–H and O–H groups in total. The van der Waals surface area contributed by atoms with Crippen LogP contribution < -0.4 is 0 Å². The van der Waals surface area contributed by atoms with E-state index in [4.69, 9.17) is 9.52 Å². The molecule has 2 aromatic heterocycles. The molecule has 0 amide bonds. The van der Waals surface area contributed by atoms with Gasteiger partial charge in [0.1, 0.15) is 5.76 Å². The van der Waals surface area contributed by atoms with E-state index < -0.39 is 0 Å². The number of aliphatic hydroxyl groups is 1. The highest BCUT2D eigenvalue weighted by atomic mass is 32.1. The molecule has 0 saturated carbocycles. The van der Waals surface area contributed by atoms with Crippen LogP contribution in [0.3, 0.4) is 0 Å². The van der Waals surface area contributed by atoms with E-state index in [1.807, 2.05) is 24.3 Å². The highest BCUT2D eigenvalue weighted by Gasteiger charge is 2.01. The van der Waals surface area contributed by atoms with Crippen molar-refractivity contribution in [3.8, 4) is 0 Å². The molecule has 0 fully saturated rings. The maximum absolute atomic E-state index is 8.86. The standard InChI is InChI=1S/C10H10O2S/c11-7-10-4-3-9(13-10)6-8-2-1-5-12-8/h1-5,11H,6-7H2. The fourth-order valence-electron chi connectivity index (χ4n) is 1.19. The van der Waals surface area contributed by atoms with E-state index in [9.17, 15) is 0 Å². The van der Waals surface area contributed by atoms with Gasteiger partial charge in [0, 0.05) is 16.2 Å². The van der Waals surface area contributed by atoms with Gasteiger partial charge in [-0.3, -0.25) is 0 Å². The molecular formula is C10H10O2S. The molecule has 2 rings (SSSR count). The van der Waals surface area contributed by atoms with Crippen LogP contribution in [0.25, 0.3) is 0 Å². The first-order chi connectivity index (χ1) is 6.38. The molecule has 13 heavy (non-hydrogen) atoms. The molecule has 0 aromatic carbocycles. The third-order valence-electron chi connectivity index (χ3n) is 1.80. The number of rotatable bonds is 3. The molecule has 0 atom stereocenters. The van der Waals surface area contributed by atoms with Gasteiger partial charge in [-0.15, -0.1) is 11.3 Å². The molecule has 0 aliphatic heterocycles. The van der Waals surface area contributed by atoms with Gasteiger partial charge in [0.25, 0.3) is 0 Å². The molecule has 0 unspecified atom stereocenters. The van der Waals surface area contributed by atoms with Gasteiger partial charge in [0.2, 0.25) is 0 Å². The van der Waals surface area contributed by atoms with Crippen LogP contribution in [0, 0.1) is 0 Å². The normalized spacial score (nSPS) is 10.5. The van der Waals surface area contributed by atoms with Crippen LogP contribution in [-0.4, -0.2) is 5.11 Å². The van der Waals surface area contributed by atoms with Crippen molar-refractivity contribution in [2.75, 3.05) is 0 Å². The molecule has 0 spiro atoms. The average molecular weight is 194 g/mol. The lowest BCUT2D eigenvalue weighted by Gasteiger charge is -1.91. The Hall–Kier alpha value is -1.06. The van der Waals surface area contributed by atoms with Crippen molar-refractivity contribution in [3.63, 3.8) is 0 Å². The second kappa shape index (κ2) is 3.77. The van der Waals surface area contributed by atoms with E-state index in [0.717, 1.165) is 17.1 Å². The summed E-state index contributed by atoms with van der Waals surface area (Å²) in [6, 6.07) is 7.82. The number of thiophene rings is 1.